The first-order chi connectivity index (χ1) is 8.22. The molecule has 6 heteroatoms. The van der Waals surface area contributed by atoms with Crippen molar-refractivity contribution in [3.05, 3.63) is 35.7 Å². The molecule has 17 heavy (non-hydrogen) atoms. The van der Waals surface area contributed by atoms with Crippen molar-refractivity contribution in [3.8, 4) is 17.4 Å². The first kappa shape index (κ1) is 11.5. The van der Waals surface area contributed by atoms with Gasteiger partial charge in [0.1, 0.15) is 12.0 Å². The van der Waals surface area contributed by atoms with Crippen molar-refractivity contribution in [2.75, 3.05) is 12.8 Å². The van der Waals surface area contributed by atoms with E-state index in [1.54, 1.807) is 19.2 Å². The summed E-state index contributed by atoms with van der Waals surface area (Å²) in [6, 6.07) is 7.17. The number of para-hydroxylation sites is 2. The molecule has 0 aliphatic heterocycles. The molecule has 0 atom stereocenters. The zero-order valence-corrected chi connectivity index (χ0v) is 9.81. The first-order valence-corrected chi connectivity index (χ1v) is 5.17. The lowest BCUT2D eigenvalue weighted by molar-refractivity contribution is 0.374. The van der Waals surface area contributed by atoms with E-state index in [0.717, 1.165) is 0 Å². The molecule has 1 aromatic heterocycles. The molecule has 0 aliphatic carbocycles. The fraction of sp³-hybridized carbons (Fsp3) is 0.0909. The van der Waals surface area contributed by atoms with Crippen LogP contribution in [0.15, 0.2) is 30.6 Å². The fourth-order valence-corrected chi connectivity index (χ4v) is 1.37. The van der Waals surface area contributed by atoms with Gasteiger partial charge in [-0.2, -0.15) is 4.98 Å². The molecule has 5 nitrogen and oxygen atoms in total. The van der Waals surface area contributed by atoms with Gasteiger partial charge in [0.05, 0.1) is 7.11 Å². The summed E-state index contributed by atoms with van der Waals surface area (Å²) in [5.41, 5.74) is 5.89. The minimum absolute atomic E-state index is 0.157. The van der Waals surface area contributed by atoms with Crippen LogP contribution in [0.5, 0.6) is 17.4 Å². The second-order valence-corrected chi connectivity index (χ2v) is 3.49. The number of nitrogen functional groups attached to an aromatic ring is 1. The average molecular weight is 252 g/mol. The predicted octanol–water partition coefficient (Wildman–Crippen LogP) is 2.51. The topological polar surface area (TPSA) is 70.3 Å². The van der Waals surface area contributed by atoms with Crippen LogP contribution >= 0.6 is 11.6 Å². The van der Waals surface area contributed by atoms with Gasteiger partial charge in [0, 0.05) is 0 Å². The molecule has 0 radical (unpaired) electrons. The van der Waals surface area contributed by atoms with Crippen molar-refractivity contribution in [1.29, 1.82) is 0 Å². The molecule has 0 bridgehead atoms. The largest absolute Gasteiger partial charge is 0.493 e. The number of hydrogen-bond acceptors (Lipinski definition) is 5. The number of aromatic nitrogens is 2. The third-order valence-electron chi connectivity index (χ3n) is 2.07. The van der Waals surface area contributed by atoms with Crippen LogP contribution in [0.1, 0.15) is 0 Å². The monoisotopic (exact) mass is 251 g/mol. The Morgan fingerprint density at radius 1 is 1.18 bits per heavy atom. The number of methoxy groups -OCH3 is 1. The van der Waals surface area contributed by atoms with Crippen molar-refractivity contribution in [3.63, 3.8) is 0 Å². The van der Waals surface area contributed by atoms with Gasteiger partial charge in [-0.05, 0) is 12.1 Å². The fourth-order valence-electron chi connectivity index (χ4n) is 1.25. The van der Waals surface area contributed by atoms with Crippen molar-refractivity contribution >= 4 is 17.3 Å². The normalized spacial score (nSPS) is 10.0. The number of ether oxygens (including phenoxy) is 2. The predicted molar refractivity (Wildman–Crippen MR) is 64.5 cm³/mol. The van der Waals surface area contributed by atoms with E-state index in [4.69, 9.17) is 26.8 Å². The molecular weight excluding hydrogens is 242 g/mol. The molecule has 2 rings (SSSR count). The Hall–Kier alpha value is -2.01. The number of hydrogen-bond donors (Lipinski definition) is 1. The lowest BCUT2D eigenvalue weighted by Crippen LogP contribution is -1.98. The Morgan fingerprint density at radius 2 is 1.88 bits per heavy atom. The summed E-state index contributed by atoms with van der Waals surface area (Å²) in [4.78, 5) is 7.65. The van der Waals surface area contributed by atoms with E-state index in [9.17, 15) is 0 Å². The molecule has 0 spiro atoms. The van der Waals surface area contributed by atoms with Crippen molar-refractivity contribution in [2.24, 2.45) is 0 Å². The third-order valence-corrected chi connectivity index (χ3v) is 2.38. The van der Waals surface area contributed by atoms with Crippen LogP contribution < -0.4 is 15.2 Å². The van der Waals surface area contributed by atoms with E-state index in [1.165, 1.54) is 6.33 Å². The molecule has 0 aliphatic rings. The van der Waals surface area contributed by atoms with Crippen LogP contribution in [0, 0.1) is 0 Å². The molecule has 88 valence electrons. The van der Waals surface area contributed by atoms with E-state index in [2.05, 4.69) is 9.97 Å². The second-order valence-electron chi connectivity index (χ2n) is 3.14. The highest BCUT2D eigenvalue weighted by Crippen LogP contribution is 2.33. The van der Waals surface area contributed by atoms with E-state index in [0.29, 0.717) is 11.5 Å². The van der Waals surface area contributed by atoms with E-state index in [-0.39, 0.29) is 16.7 Å². The third kappa shape index (κ3) is 2.39. The van der Waals surface area contributed by atoms with Gasteiger partial charge < -0.3 is 15.2 Å². The Morgan fingerprint density at radius 3 is 2.59 bits per heavy atom. The maximum atomic E-state index is 5.77. The summed E-state index contributed by atoms with van der Waals surface area (Å²) in [5.74, 6) is 1.30. The first-order valence-electron chi connectivity index (χ1n) is 4.79. The van der Waals surface area contributed by atoms with Crippen LogP contribution in [-0.4, -0.2) is 17.1 Å². The number of nitrogens with two attached hydrogens (primary N) is 1. The molecule has 1 heterocycles. The number of rotatable bonds is 3. The van der Waals surface area contributed by atoms with Crippen LogP contribution in [0.2, 0.25) is 5.15 Å². The smallest absolute Gasteiger partial charge is 0.247 e. The van der Waals surface area contributed by atoms with Crippen molar-refractivity contribution in [2.45, 2.75) is 0 Å². The maximum Gasteiger partial charge on any atom is 0.247 e. The zero-order valence-electron chi connectivity index (χ0n) is 9.05. The molecule has 0 amide bonds. The van der Waals surface area contributed by atoms with Gasteiger partial charge in [0.2, 0.25) is 5.88 Å². The summed E-state index contributed by atoms with van der Waals surface area (Å²) in [7, 11) is 1.55. The van der Waals surface area contributed by atoms with Crippen LogP contribution in [-0.2, 0) is 0 Å². The Balaban J connectivity index is 2.35. The second kappa shape index (κ2) is 4.88. The van der Waals surface area contributed by atoms with E-state index < -0.39 is 0 Å². The molecule has 2 aromatic rings. The number of nitrogens with zero attached hydrogens (tertiary/aromatic N) is 2. The van der Waals surface area contributed by atoms with Crippen LogP contribution in [0.4, 0.5) is 5.69 Å². The average Bonchev–Trinajstić information content (AvgIpc) is 2.35. The highest BCUT2D eigenvalue weighted by molar-refractivity contribution is 6.32. The lowest BCUT2D eigenvalue weighted by atomic mass is 10.3. The Kier molecular flexibility index (Phi) is 3.30. The summed E-state index contributed by atoms with van der Waals surface area (Å²) < 4.78 is 10.7. The summed E-state index contributed by atoms with van der Waals surface area (Å²) >= 11 is 5.77. The van der Waals surface area contributed by atoms with Gasteiger partial charge in [0.25, 0.3) is 0 Å². The number of anilines is 1. The van der Waals surface area contributed by atoms with Crippen molar-refractivity contribution < 1.29 is 9.47 Å². The van der Waals surface area contributed by atoms with Crippen LogP contribution in [0.3, 0.4) is 0 Å². The molecule has 1 aromatic carbocycles. The van der Waals surface area contributed by atoms with E-state index in [1.807, 2.05) is 12.1 Å². The summed E-state index contributed by atoms with van der Waals surface area (Å²) in [6.07, 6.45) is 1.28. The summed E-state index contributed by atoms with van der Waals surface area (Å²) in [6.45, 7) is 0. The number of benzene rings is 1. The molecular formula is C11H10ClN3O2. The number of halogens is 1. The molecule has 0 fully saturated rings. The minimum atomic E-state index is 0.157. The van der Waals surface area contributed by atoms with E-state index >= 15 is 0 Å². The van der Waals surface area contributed by atoms with Gasteiger partial charge in [-0.25, -0.2) is 4.98 Å². The van der Waals surface area contributed by atoms with Crippen molar-refractivity contribution in [1.82, 2.24) is 9.97 Å². The van der Waals surface area contributed by atoms with Gasteiger partial charge >= 0.3 is 0 Å². The molecule has 2 N–H and O–H groups in total. The molecule has 0 saturated heterocycles. The molecule has 0 saturated carbocycles. The van der Waals surface area contributed by atoms with Gasteiger partial charge in [-0.3, -0.25) is 0 Å². The summed E-state index contributed by atoms with van der Waals surface area (Å²) in [5, 5.41) is 0.157. The van der Waals surface area contributed by atoms with Gasteiger partial charge in [0.15, 0.2) is 16.7 Å². The van der Waals surface area contributed by atoms with Gasteiger partial charge in [-0.1, -0.05) is 23.7 Å². The Labute approximate surface area is 103 Å². The highest BCUT2D eigenvalue weighted by atomic mass is 35.5. The SMILES string of the molecule is COc1ccccc1Oc1ncnc(Cl)c1N. The maximum absolute atomic E-state index is 5.77. The van der Waals surface area contributed by atoms with Crippen LogP contribution in [0.25, 0.3) is 0 Å². The quantitative estimate of drug-likeness (QED) is 0.849. The highest BCUT2D eigenvalue weighted by Gasteiger charge is 2.10. The minimum Gasteiger partial charge on any atom is -0.493 e. The lowest BCUT2D eigenvalue weighted by Gasteiger charge is -2.10. The molecule has 0 unspecified atom stereocenters. The van der Waals surface area contributed by atoms with Gasteiger partial charge in [-0.15, -0.1) is 0 Å². The Bertz CT molecular complexity index is 534. The standard InChI is InChI=1S/C11H10ClN3O2/c1-16-7-4-2-3-5-8(7)17-11-9(13)10(12)14-6-15-11/h2-6H,13H2,1H3. The zero-order chi connectivity index (χ0) is 12.3.